The number of aliphatic hydroxyl groups is 1. The van der Waals surface area contributed by atoms with Gasteiger partial charge in [0.2, 0.25) is 5.78 Å². The first-order valence-corrected chi connectivity index (χ1v) is 13.6. The number of halogens is 1. The van der Waals surface area contributed by atoms with Crippen molar-refractivity contribution < 1.29 is 19.1 Å². The summed E-state index contributed by atoms with van der Waals surface area (Å²) < 4.78 is 5.84. The quantitative estimate of drug-likeness (QED) is 0.230. The molecule has 7 heteroatoms. The van der Waals surface area contributed by atoms with Crippen LogP contribution in [-0.4, -0.2) is 29.9 Å². The Hall–Kier alpha value is -4.03. The van der Waals surface area contributed by atoms with Gasteiger partial charge in [-0.2, -0.15) is 0 Å². The molecule has 39 heavy (non-hydrogen) atoms. The molecule has 4 aromatic rings. The molecule has 0 bridgehead atoms. The van der Waals surface area contributed by atoms with Gasteiger partial charge < -0.3 is 14.4 Å². The van der Waals surface area contributed by atoms with Crippen molar-refractivity contribution in [3.63, 3.8) is 0 Å². The van der Waals surface area contributed by atoms with Crippen molar-refractivity contribution >= 4 is 45.6 Å². The Kier molecular flexibility index (Phi) is 7.23. The summed E-state index contributed by atoms with van der Waals surface area (Å²) >= 11 is 6.12. The summed E-state index contributed by atoms with van der Waals surface area (Å²) in [7, 11) is 0. The monoisotopic (exact) mass is 542 g/mol. The van der Waals surface area contributed by atoms with E-state index in [1.807, 2.05) is 48.5 Å². The van der Waals surface area contributed by atoms with E-state index >= 15 is 0 Å². The molecule has 0 radical (unpaired) electrons. The fourth-order valence-corrected chi connectivity index (χ4v) is 5.33. The summed E-state index contributed by atoms with van der Waals surface area (Å²) in [5.74, 6) is -1.41. The highest BCUT2D eigenvalue weighted by Crippen LogP contribution is 2.43. The third-order valence-corrected chi connectivity index (χ3v) is 7.57. The van der Waals surface area contributed by atoms with Gasteiger partial charge in [0.1, 0.15) is 5.58 Å². The van der Waals surface area contributed by atoms with Crippen LogP contribution in [0, 0.1) is 0 Å². The minimum atomic E-state index is -0.836. The lowest BCUT2D eigenvalue weighted by atomic mass is 9.94. The summed E-state index contributed by atoms with van der Waals surface area (Å²) in [4.78, 5) is 31.1. The fourth-order valence-electron chi connectivity index (χ4n) is 5.15. The smallest absolute Gasteiger partial charge is 0.294 e. The summed E-state index contributed by atoms with van der Waals surface area (Å²) in [5, 5.41) is 12.3. The van der Waals surface area contributed by atoms with Gasteiger partial charge >= 0.3 is 0 Å². The van der Waals surface area contributed by atoms with Crippen LogP contribution in [0.2, 0.25) is 5.02 Å². The molecule has 1 amide bonds. The van der Waals surface area contributed by atoms with E-state index in [-0.39, 0.29) is 11.3 Å². The van der Waals surface area contributed by atoms with Crippen LogP contribution in [0.15, 0.2) is 88.5 Å². The number of amides is 1. The molecule has 5 rings (SSSR count). The SMILES string of the molecule is CCN(CC)c1ccc(C2C(C(=O)c3cc4cc(Cl)ccc4o3)=C(O)C(=O)N2c2ccc(C(C)C)cc2)cc1. The maximum Gasteiger partial charge on any atom is 0.294 e. The molecule has 1 atom stereocenters. The maximum absolute atomic E-state index is 13.9. The third-order valence-electron chi connectivity index (χ3n) is 7.33. The Morgan fingerprint density at radius 2 is 1.67 bits per heavy atom. The van der Waals surface area contributed by atoms with E-state index in [2.05, 4.69) is 32.6 Å². The lowest BCUT2D eigenvalue weighted by Crippen LogP contribution is -2.31. The molecule has 1 unspecified atom stereocenters. The Morgan fingerprint density at radius 3 is 2.28 bits per heavy atom. The number of rotatable bonds is 8. The highest BCUT2D eigenvalue weighted by atomic mass is 35.5. The lowest BCUT2D eigenvalue weighted by Gasteiger charge is -2.28. The van der Waals surface area contributed by atoms with Crippen LogP contribution in [0.5, 0.6) is 0 Å². The number of Topliss-reactive ketones (excluding diaryl/α,β-unsaturated/α-hetero) is 1. The number of anilines is 2. The zero-order valence-electron chi connectivity index (χ0n) is 22.4. The van der Waals surface area contributed by atoms with Crippen molar-refractivity contribution in [2.75, 3.05) is 22.9 Å². The van der Waals surface area contributed by atoms with Gasteiger partial charge in [-0.05, 0) is 79.4 Å². The topological polar surface area (TPSA) is 74.0 Å². The molecule has 3 aromatic carbocycles. The second-order valence-electron chi connectivity index (χ2n) is 9.97. The van der Waals surface area contributed by atoms with E-state index in [0.29, 0.717) is 33.2 Å². The van der Waals surface area contributed by atoms with Crippen LogP contribution in [0.25, 0.3) is 11.0 Å². The van der Waals surface area contributed by atoms with Crippen LogP contribution in [0.1, 0.15) is 61.3 Å². The van der Waals surface area contributed by atoms with E-state index in [1.54, 1.807) is 24.3 Å². The first-order chi connectivity index (χ1) is 18.7. The highest BCUT2D eigenvalue weighted by molar-refractivity contribution is 6.31. The first kappa shape index (κ1) is 26.6. The molecule has 200 valence electrons. The molecular formula is C32H31ClN2O4. The third kappa shape index (κ3) is 4.81. The van der Waals surface area contributed by atoms with E-state index < -0.39 is 23.5 Å². The molecule has 1 aromatic heterocycles. The summed E-state index contributed by atoms with van der Waals surface area (Å²) in [6, 6.07) is 21.3. The molecule has 1 aliphatic heterocycles. The van der Waals surface area contributed by atoms with Crippen LogP contribution >= 0.6 is 11.6 Å². The van der Waals surface area contributed by atoms with Gasteiger partial charge in [0, 0.05) is 34.9 Å². The lowest BCUT2D eigenvalue weighted by molar-refractivity contribution is -0.117. The molecule has 0 spiro atoms. The Balaban J connectivity index is 1.62. The average molecular weight is 543 g/mol. The standard InChI is InChI=1S/C32H31ClN2O4/c1-5-34(6-2)24-12-9-21(10-13-24)29-28(30(36)27-18-22-17-23(33)11-16-26(22)39-27)31(37)32(38)35(29)25-14-7-20(8-15-25)19(3)4/h7-19,29,37H,5-6H2,1-4H3. The number of carbonyl (C=O) groups is 2. The van der Waals surface area contributed by atoms with Gasteiger partial charge in [-0.25, -0.2) is 0 Å². The molecule has 1 aliphatic rings. The second kappa shape index (κ2) is 10.6. The number of benzene rings is 3. The molecule has 0 saturated carbocycles. The van der Waals surface area contributed by atoms with Crippen LogP contribution in [0.3, 0.4) is 0 Å². The molecule has 0 saturated heterocycles. The number of fused-ring (bicyclic) bond motifs is 1. The minimum Gasteiger partial charge on any atom is -0.503 e. The zero-order chi connectivity index (χ0) is 27.8. The number of hydrogen-bond acceptors (Lipinski definition) is 5. The van der Waals surface area contributed by atoms with E-state index in [1.165, 1.54) is 4.90 Å². The van der Waals surface area contributed by atoms with Gasteiger partial charge in [-0.15, -0.1) is 0 Å². The molecule has 6 nitrogen and oxygen atoms in total. The molecule has 0 aliphatic carbocycles. The maximum atomic E-state index is 13.9. The molecule has 2 heterocycles. The largest absolute Gasteiger partial charge is 0.503 e. The Bertz CT molecular complexity index is 1560. The summed E-state index contributed by atoms with van der Waals surface area (Å²) in [6.07, 6.45) is 0. The second-order valence-corrected chi connectivity index (χ2v) is 10.4. The van der Waals surface area contributed by atoms with Gasteiger partial charge in [0.05, 0.1) is 11.6 Å². The van der Waals surface area contributed by atoms with Crippen molar-refractivity contribution in [3.05, 3.63) is 106 Å². The number of hydrogen-bond donors (Lipinski definition) is 1. The minimum absolute atomic E-state index is 0.0197. The fraction of sp³-hybridized carbons (Fsp3) is 0.250. The molecule has 0 fully saturated rings. The summed E-state index contributed by atoms with van der Waals surface area (Å²) in [5.41, 5.74) is 3.94. The van der Waals surface area contributed by atoms with Gasteiger partial charge in [-0.1, -0.05) is 49.7 Å². The average Bonchev–Trinajstić information content (AvgIpc) is 3.47. The van der Waals surface area contributed by atoms with E-state index in [9.17, 15) is 14.7 Å². The Labute approximate surface area is 233 Å². The molecule has 1 N–H and O–H groups in total. The van der Waals surface area contributed by atoms with Crippen LogP contribution in [0.4, 0.5) is 11.4 Å². The highest BCUT2D eigenvalue weighted by Gasteiger charge is 2.45. The van der Waals surface area contributed by atoms with Crippen LogP contribution in [-0.2, 0) is 4.79 Å². The van der Waals surface area contributed by atoms with Crippen molar-refractivity contribution in [3.8, 4) is 0 Å². The van der Waals surface area contributed by atoms with Crippen molar-refractivity contribution in [2.24, 2.45) is 0 Å². The number of aliphatic hydroxyl groups excluding tert-OH is 1. The first-order valence-electron chi connectivity index (χ1n) is 13.2. The van der Waals surface area contributed by atoms with Gasteiger partial charge in [0.25, 0.3) is 5.91 Å². The zero-order valence-corrected chi connectivity index (χ0v) is 23.2. The van der Waals surface area contributed by atoms with Gasteiger partial charge in [0.15, 0.2) is 11.5 Å². The summed E-state index contributed by atoms with van der Waals surface area (Å²) in [6.45, 7) is 10.1. The Morgan fingerprint density at radius 1 is 1.00 bits per heavy atom. The number of ketones is 1. The number of carbonyl (C=O) groups excluding carboxylic acids is 2. The number of nitrogens with zero attached hydrogens (tertiary/aromatic N) is 2. The van der Waals surface area contributed by atoms with Crippen molar-refractivity contribution in [1.82, 2.24) is 0 Å². The normalized spacial score (nSPS) is 15.6. The predicted octanol–water partition coefficient (Wildman–Crippen LogP) is 7.84. The molecular weight excluding hydrogens is 512 g/mol. The van der Waals surface area contributed by atoms with Gasteiger partial charge in [-0.3, -0.25) is 14.5 Å². The predicted molar refractivity (Wildman–Crippen MR) is 156 cm³/mol. The number of furan rings is 1. The van der Waals surface area contributed by atoms with Crippen molar-refractivity contribution in [1.29, 1.82) is 0 Å². The van der Waals surface area contributed by atoms with E-state index in [4.69, 9.17) is 16.0 Å². The van der Waals surface area contributed by atoms with Crippen molar-refractivity contribution in [2.45, 2.75) is 39.7 Å². The van der Waals surface area contributed by atoms with Crippen LogP contribution < -0.4 is 9.80 Å². The van der Waals surface area contributed by atoms with E-state index in [0.717, 1.165) is 24.3 Å².